The maximum Gasteiger partial charge on any atom is 0.445 e. The SMILES string of the molecule is O=C1Nc2c(F)cc(Cl)cc2[C@@](C#CC2CC2)(C(F)(F)F)O1. The van der Waals surface area contributed by atoms with E-state index in [0.717, 1.165) is 12.1 Å². The van der Waals surface area contributed by atoms with Gasteiger partial charge in [-0.1, -0.05) is 17.5 Å². The van der Waals surface area contributed by atoms with Crippen LogP contribution in [0.25, 0.3) is 0 Å². The second-order valence-corrected chi connectivity index (χ2v) is 5.48. The number of benzene rings is 1. The molecule has 1 N–H and O–H groups in total. The van der Waals surface area contributed by atoms with Gasteiger partial charge in [-0.05, 0) is 30.9 Å². The van der Waals surface area contributed by atoms with Crippen LogP contribution in [0.15, 0.2) is 12.1 Å². The Morgan fingerprint density at radius 2 is 2.05 bits per heavy atom. The molecule has 1 aliphatic heterocycles. The third-order valence-electron chi connectivity index (χ3n) is 3.34. The molecule has 1 aliphatic carbocycles. The van der Waals surface area contributed by atoms with Gasteiger partial charge in [0.05, 0.1) is 5.69 Å². The maximum absolute atomic E-state index is 13.9. The Kier molecular flexibility index (Phi) is 3.25. The summed E-state index contributed by atoms with van der Waals surface area (Å²) in [7, 11) is 0. The molecular formula is C14H8ClF4NO2. The second kappa shape index (κ2) is 4.78. The van der Waals surface area contributed by atoms with E-state index in [1.807, 2.05) is 11.2 Å². The van der Waals surface area contributed by atoms with Crippen molar-refractivity contribution >= 4 is 23.4 Å². The van der Waals surface area contributed by atoms with Gasteiger partial charge in [0.2, 0.25) is 0 Å². The Morgan fingerprint density at radius 1 is 1.36 bits per heavy atom. The van der Waals surface area contributed by atoms with Crippen LogP contribution < -0.4 is 5.32 Å². The van der Waals surface area contributed by atoms with Crippen LogP contribution in [0.1, 0.15) is 18.4 Å². The number of nitrogens with one attached hydrogen (secondary N) is 1. The van der Waals surface area contributed by atoms with Gasteiger partial charge in [0, 0.05) is 16.5 Å². The third-order valence-corrected chi connectivity index (χ3v) is 3.55. The average Bonchev–Trinajstić information content (AvgIpc) is 3.20. The van der Waals surface area contributed by atoms with E-state index in [1.165, 1.54) is 0 Å². The number of anilines is 1. The third kappa shape index (κ3) is 2.37. The van der Waals surface area contributed by atoms with Gasteiger partial charge in [0.15, 0.2) is 0 Å². The lowest BCUT2D eigenvalue weighted by Crippen LogP contribution is -2.49. The zero-order valence-electron chi connectivity index (χ0n) is 10.9. The number of fused-ring (bicyclic) bond motifs is 1. The van der Waals surface area contributed by atoms with Gasteiger partial charge in [0.1, 0.15) is 5.82 Å². The van der Waals surface area contributed by atoms with E-state index in [1.54, 1.807) is 0 Å². The van der Waals surface area contributed by atoms with Crippen LogP contribution in [0, 0.1) is 23.6 Å². The molecule has 1 aromatic carbocycles. The number of halogens is 5. The number of carbonyl (C=O) groups is 1. The summed E-state index contributed by atoms with van der Waals surface area (Å²) in [5.41, 5.74) is -4.50. The molecule has 0 aromatic heterocycles. The Bertz CT molecular complexity index is 718. The number of hydrogen-bond donors (Lipinski definition) is 1. The first-order chi connectivity index (χ1) is 10.2. The van der Waals surface area contributed by atoms with Crippen molar-refractivity contribution in [3.8, 4) is 11.8 Å². The zero-order chi connectivity index (χ0) is 16.1. The number of rotatable bonds is 0. The molecular weight excluding hydrogens is 326 g/mol. The standard InChI is InChI=1S/C14H8ClF4NO2/c15-8-5-9-11(10(16)6-8)20-12(21)22-13(9,14(17,18)19)4-3-7-1-2-7/h5-7H,1-2H2,(H,20,21)/t13-/m0/s1. The van der Waals surface area contributed by atoms with E-state index in [4.69, 9.17) is 11.6 Å². The minimum absolute atomic E-state index is 0.166. The number of alkyl halides is 3. The molecule has 8 heteroatoms. The van der Waals surface area contributed by atoms with E-state index in [9.17, 15) is 22.4 Å². The Labute approximate surface area is 127 Å². The molecule has 2 aliphatic rings. The smallest absolute Gasteiger partial charge is 0.415 e. The predicted octanol–water partition coefficient (Wildman–Crippen LogP) is 4.21. The molecule has 0 bridgehead atoms. The monoisotopic (exact) mass is 333 g/mol. The minimum Gasteiger partial charge on any atom is -0.415 e. The highest BCUT2D eigenvalue weighted by atomic mass is 35.5. The highest BCUT2D eigenvalue weighted by molar-refractivity contribution is 6.30. The number of carbonyl (C=O) groups excluding carboxylic acids is 1. The topological polar surface area (TPSA) is 38.3 Å². The fraction of sp³-hybridized carbons (Fsp3) is 0.357. The van der Waals surface area contributed by atoms with E-state index < -0.39 is 34.9 Å². The van der Waals surface area contributed by atoms with Crippen molar-refractivity contribution in [3.05, 3.63) is 28.5 Å². The molecule has 3 nitrogen and oxygen atoms in total. The van der Waals surface area contributed by atoms with Crippen molar-refractivity contribution in [1.29, 1.82) is 0 Å². The van der Waals surface area contributed by atoms with Crippen molar-refractivity contribution in [1.82, 2.24) is 0 Å². The summed E-state index contributed by atoms with van der Waals surface area (Å²) in [4.78, 5) is 11.5. The van der Waals surface area contributed by atoms with Crippen LogP contribution in [0.2, 0.25) is 5.02 Å². The summed E-state index contributed by atoms with van der Waals surface area (Å²) in [5, 5.41) is 1.67. The quantitative estimate of drug-likeness (QED) is 0.570. The van der Waals surface area contributed by atoms with Gasteiger partial charge in [-0.2, -0.15) is 13.2 Å². The molecule has 1 atom stereocenters. The molecule has 0 spiro atoms. The summed E-state index contributed by atoms with van der Waals surface area (Å²) in [5.74, 6) is 3.18. The molecule has 1 fully saturated rings. The summed E-state index contributed by atoms with van der Waals surface area (Å²) in [6, 6.07) is 1.70. The molecule has 1 amide bonds. The van der Waals surface area contributed by atoms with Crippen molar-refractivity contribution < 1.29 is 27.1 Å². The first-order valence-electron chi connectivity index (χ1n) is 6.32. The largest absolute Gasteiger partial charge is 0.445 e. The molecule has 0 unspecified atom stereocenters. The maximum atomic E-state index is 13.9. The minimum atomic E-state index is -5.04. The molecule has 0 radical (unpaired) electrons. The fourth-order valence-corrected chi connectivity index (χ4v) is 2.31. The van der Waals surface area contributed by atoms with Crippen LogP contribution in [0.5, 0.6) is 0 Å². The van der Waals surface area contributed by atoms with Crippen molar-refractivity contribution in [2.75, 3.05) is 5.32 Å². The summed E-state index contributed by atoms with van der Waals surface area (Å²) in [6.45, 7) is 0. The van der Waals surface area contributed by atoms with Crippen LogP contribution in [-0.4, -0.2) is 12.3 Å². The van der Waals surface area contributed by atoms with Crippen molar-refractivity contribution in [3.63, 3.8) is 0 Å². The fourth-order valence-electron chi connectivity index (χ4n) is 2.11. The molecule has 0 saturated heterocycles. The number of ether oxygens (including phenoxy) is 1. The van der Waals surface area contributed by atoms with Gasteiger partial charge in [-0.3, -0.25) is 5.32 Å². The van der Waals surface area contributed by atoms with E-state index >= 15 is 0 Å². The molecule has 1 aromatic rings. The molecule has 1 saturated carbocycles. The number of amides is 1. The molecule has 1 heterocycles. The second-order valence-electron chi connectivity index (χ2n) is 5.05. The average molecular weight is 334 g/mol. The Morgan fingerprint density at radius 3 is 2.64 bits per heavy atom. The van der Waals surface area contributed by atoms with Gasteiger partial charge in [0.25, 0.3) is 5.60 Å². The lowest BCUT2D eigenvalue weighted by molar-refractivity contribution is -0.239. The lowest BCUT2D eigenvalue weighted by atomic mass is 9.90. The molecule has 3 rings (SSSR count). The van der Waals surface area contributed by atoms with E-state index in [2.05, 4.69) is 10.7 Å². The normalized spacial score (nSPS) is 23.8. The van der Waals surface area contributed by atoms with Crippen LogP contribution >= 0.6 is 11.6 Å². The number of cyclic esters (lactones) is 1. The van der Waals surface area contributed by atoms with Crippen LogP contribution in [-0.2, 0) is 10.3 Å². The van der Waals surface area contributed by atoms with Gasteiger partial charge >= 0.3 is 12.3 Å². The van der Waals surface area contributed by atoms with E-state index in [0.29, 0.717) is 12.8 Å². The predicted molar refractivity (Wildman–Crippen MR) is 69.7 cm³/mol. The first-order valence-corrected chi connectivity index (χ1v) is 6.70. The highest BCUT2D eigenvalue weighted by Gasteiger charge is 2.62. The first kappa shape index (κ1) is 15.0. The molecule has 22 heavy (non-hydrogen) atoms. The van der Waals surface area contributed by atoms with Crippen molar-refractivity contribution in [2.45, 2.75) is 24.6 Å². The zero-order valence-corrected chi connectivity index (χ0v) is 11.6. The van der Waals surface area contributed by atoms with Gasteiger partial charge in [-0.15, -0.1) is 0 Å². The van der Waals surface area contributed by atoms with Gasteiger partial charge < -0.3 is 4.74 Å². The van der Waals surface area contributed by atoms with Crippen LogP contribution in [0.3, 0.4) is 0 Å². The highest BCUT2D eigenvalue weighted by Crippen LogP contribution is 2.49. The van der Waals surface area contributed by atoms with Crippen LogP contribution in [0.4, 0.5) is 28.0 Å². The van der Waals surface area contributed by atoms with Gasteiger partial charge in [-0.25, -0.2) is 9.18 Å². The number of hydrogen-bond acceptors (Lipinski definition) is 2. The Balaban J connectivity index is 2.27. The molecule has 116 valence electrons. The Hall–Kier alpha value is -1.94. The summed E-state index contributed by atoms with van der Waals surface area (Å²) < 4.78 is 59.2. The summed E-state index contributed by atoms with van der Waals surface area (Å²) >= 11 is 5.65. The van der Waals surface area contributed by atoms with Crippen molar-refractivity contribution in [2.24, 2.45) is 5.92 Å². The summed E-state index contributed by atoms with van der Waals surface area (Å²) in [6.07, 6.45) is -5.09. The van der Waals surface area contributed by atoms with E-state index in [-0.39, 0.29) is 10.9 Å². The lowest BCUT2D eigenvalue weighted by Gasteiger charge is -2.35.